The Morgan fingerprint density at radius 3 is 2.71 bits per heavy atom. The van der Waals surface area contributed by atoms with Crippen molar-refractivity contribution >= 4 is 22.5 Å². The van der Waals surface area contributed by atoms with E-state index in [-0.39, 0.29) is 10.9 Å². The average Bonchev–Trinajstić information content (AvgIpc) is 2.16. The summed E-state index contributed by atoms with van der Waals surface area (Å²) in [7, 11) is 0. The number of benzene rings is 1. The van der Waals surface area contributed by atoms with Crippen LogP contribution in [0.15, 0.2) is 35.1 Å². The van der Waals surface area contributed by atoms with Gasteiger partial charge in [0.1, 0.15) is 0 Å². The van der Waals surface area contributed by atoms with Crippen LogP contribution in [-0.4, -0.2) is 4.98 Å². The normalized spacial score (nSPS) is 13.0. The Kier molecular flexibility index (Phi) is 2.30. The highest BCUT2D eigenvalue weighted by atomic mass is 35.5. The first-order valence-electron chi connectivity index (χ1n) is 4.44. The largest absolute Gasteiger partial charge is 0.322 e. The zero-order valence-corrected chi connectivity index (χ0v) is 8.51. The van der Waals surface area contributed by atoms with Crippen molar-refractivity contribution in [1.29, 1.82) is 0 Å². The van der Waals surface area contributed by atoms with Gasteiger partial charge < -0.3 is 4.98 Å². The van der Waals surface area contributed by atoms with Crippen LogP contribution in [-0.2, 0) is 0 Å². The topological polar surface area (TPSA) is 32.9 Å². The molecule has 1 unspecified atom stereocenters. The molecule has 0 spiro atoms. The van der Waals surface area contributed by atoms with Crippen LogP contribution in [0.1, 0.15) is 17.9 Å². The smallest absolute Gasteiger partial charge is 0.248 e. The number of hydrogen-bond donors (Lipinski definition) is 1. The van der Waals surface area contributed by atoms with Crippen molar-refractivity contribution in [3.63, 3.8) is 0 Å². The quantitative estimate of drug-likeness (QED) is 0.717. The van der Waals surface area contributed by atoms with Crippen molar-refractivity contribution in [3.05, 3.63) is 46.2 Å². The molecule has 2 aromatic rings. The minimum absolute atomic E-state index is 0.0388. The minimum Gasteiger partial charge on any atom is -0.322 e. The summed E-state index contributed by atoms with van der Waals surface area (Å²) in [5, 5.41) is 0.980. The Morgan fingerprint density at radius 1 is 1.29 bits per heavy atom. The average molecular weight is 208 g/mol. The molecule has 14 heavy (non-hydrogen) atoms. The fourth-order valence-corrected chi connectivity index (χ4v) is 1.55. The van der Waals surface area contributed by atoms with Gasteiger partial charge in [0.25, 0.3) is 0 Å². The molecule has 0 amide bonds. The van der Waals surface area contributed by atoms with E-state index < -0.39 is 0 Å². The summed E-state index contributed by atoms with van der Waals surface area (Å²) in [4.78, 5) is 13.8. The van der Waals surface area contributed by atoms with E-state index in [9.17, 15) is 4.79 Å². The second-order valence-electron chi connectivity index (χ2n) is 3.29. The molecule has 1 heterocycles. The lowest BCUT2D eigenvalue weighted by Crippen LogP contribution is -2.02. The van der Waals surface area contributed by atoms with Crippen molar-refractivity contribution in [2.45, 2.75) is 12.3 Å². The van der Waals surface area contributed by atoms with Gasteiger partial charge in [-0.15, -0.1) is 11.6 Å². The van der Waals surface area contributed by atoms with Crippen LogP contribution >= 0.6 is 11.6 Å². The molecule has 0 aliphatic carbocycles. The van der Waals surface area contributed by atoms with Gasteiger partial charge in [0.05, 0.1) is 5.38 Å². The van der Waals surface area contributed by atoms with Crippen LogP contribution < -0.4 is 5.56 Å². The minimum atomic E-state index is -0.0862. The van der Waals surface area contributed by atoms with Crippen molar-refractivity contribution in [2.24, 2.45) is 0 Å². The number of halogens is 1. The molecular formula is C11H10ClNO. The van der Waals surface area contributed by atoms with Crippen LogP contribution in [0.3, 0.4) is 0 Å². The Bertz CT molecular complexity index is 516. The van der Waals surface area contributed by atoms with E-state index in [1.54, 1.807) is 6.07 Å². The van der Waals surface area contributed by atoms with Crippen LogP contribution in [0, 0.1) is 0 Å². The molecule has 0 bridgehead atoms. The first-order chi connectivity index (χ1) is 6.66. The fraction of sp³-hybridized carbons (Fsp3) is 0.182. The van der Waals surface area contributed by atoms with Gasteiger partial charge in [-0.2, -0.15) is 0 Å². The maximum Gasteiger partial charge on any atom is 0.248 e. The van der Waals surface area contributed by atoms with Gasteiger partial charge in [-0.1, -0.05) is 12.1 Å². The van der Waals surface area contributed by atoms with Crippen LogP contribution in [0.5, 0.6) is 0 Å². The van der Waals surface area contributed by atoms with Gasteiger partial charge in [0.2, 0.25) is 5.56 Å². The predicted octanol–water partition coefficient (Wildman–Crippen LogP) is 2.83. The number of aromatic amines is 1. The van der Waals surface area contributed by atoms with E-state index in [1.807, 2.05) is 25.1 Å². The van der Waals surface area contributed by atoms with Gasteiger partial charge in [-0.25, -0.2) is 0 Å². The number of nitrogens with one attached hydrogen (secondary N) is 1. The second kappa shape index (κ2) is 3.46. The molecule has 0 saturated heterocycles. The Morgan fingerprint density at radius 2 is 2.00 bits per heavy atom. The van der Waals surface area contributed by atoms with Crippen LogP contribution in [0.25, 0.3) is 10.9 Å². The molecule has 1 N–H and O–H groups in total. The summed E-state index contributed by atoms with van der Waals surface area (Å²) in [6.07, 6.45) is 0. The van der Waals surface area contributed by atoms with Gasteiger partial charge >= 0.3 is 0 Å². The van der Waals surface area contributed by atoms with E-state index in [0.717, 1.165) is 16.5 Å². The lowest BCUT2D eigenvalue weighted by molar-refractivity contribution is 1.09. The third kappa shape index (κ3) is 1.66. The lowest BCUT2D eigenvalue weighted by atomic mass is 10.1. The number of fused-ring (bicyclic) bond motifs is 1. The summed E-state index contributed by atoms with van der Waals surface area (Å²) in [6, 6.07) is 9.16. The molecule has 2 nitrogen and oxygen atoms in total. The van der Waals surface area contributed by atoms with E-state index in [2.05, 4.69) is 4.98 Å². The summed E-state index contributed by atoms with van der Waals surface area (Å²) >= 11 is 5.95. The van der Waals surface area contributed by atoms with E-state index in [1.165, 1.54) is 6.07 Å². The van der Waals surface area contributed by atoms with Gasteiger partial charge in [0.15, 0.2) is 0 Å². The van der Waals surface area contributed by atoms with Gasteiger partial charge in [-0.05, 0) is 30.0 Å². The van der Waals surface area contributed by atoms with E-state index in [4.69, 9.17) is 11.6 Å². The zero-order valence-electron chi connectivity index (χ0n) is 7.75. The van der Waals surface area contributed by atoms with Crippen molar-refractivity contribution in [2.75, 3.05) is 0 Å². The number of rotatable bonds is 1. The zero-order chi connectivity index (χ0) is 10.1. The van der Waals surface area contributed by atoms with Crippen molar-refractivity contribution in [3.8, 4) is 0 Å². The van der Waals surface area contributed by atoms with Crippen LogP contribution in [0.2, 0.25) is 0 Å². The SMILES string of the molecule is CC(Cl)c1ccc2ccc(=O)[nH]c2c1. The first kappa shape index (κ1) is 9.28. The molecule has 0 radical (unpaired) electrons. The monoisotopic (exact) mass is 207 g/mol. The third-order valence-corrected chi connectivity index (χ3v) is 2.46. The Labute approximate surface area is 86.5 Å². The van der Waals surface area contributed by atoms with Crippen molar-refractivity contribution < 1.29 is 0 Å². The first-order valence-corrected chi connectivity index (χ1v) is 4.87. The number of aromatic nitrogens is 1. The van der Waals surface area contributed by atoms with Crippen LogP contribution in [0.4, 0.5) is 0 Å². The van der Waals surface area contributed by atoms with Gasteiger partial charge in [-0.3, -0.25) is 4.79 Å². The summed E-state index contributed by atoms with van der Waals surface area (Å²) in [5.74, 6) is 0. The molecule has 0 aliphatic rings. The fourth-order valence-electron chi connectivity index (χ4n) is 1.41. The molecule has 72 valence electrons. The third-order valence-electron chi connectivity index (χ3n) is 2.21. The maximum absolute atomic E-state index is 11.1. The molecule has 3 heteroatoms. The molecule has 0 fully saturated rings. The number of hydrogen-bond acceptors (Lipinski definition) is 1. The van der Waals surface area contributed by atoms with E-state index in [0.29, 0.717) is 0 Å². The Balaban J connectivity index is 2.69. The second-order valence-corrected chi connectivity index (χ2v) is 3.94. The molecule has 0 aliphatic heterocycles. The highest BCUT2D eigenvalue weighted by Crippen LogP contribution is 2.22. The number of alkyl halides is 1. The summed E-state index contributed by atoms with van der Waals surface area (Å²) < 4.78 is 0. The molecule has 1 aromatic carbocycles. The standard InChI is InChI=1S/C11H10ClNO/c1-7(12)9-3-2-8-4-5-11(14)13-10(8)6-9/h2-7H,1H3,(H,13,14). The highest BCUT2D eigenvalue weighted by molar-refractivity contribution is 6.20. The molecular weight excluding hydrogens is 198 g/mol. The highest BCUT2D eigenvalue weighted by Gasteiger charge is 2.02. The molecule has 1 aromatic heterocycles. The molecule has 0 saturated carbocycles. The Hall–Kier alpha value is -1.28. The maximum atomic E-state index is 11.1. The lowest BCUT2D eigenvalue weighted by Gasteiger charge is -2.04. The van der Waals surface area contributed by atoms with E-state index >= 15 is 0 Å². The summed E-state index contributed by atoms with van der Waals surface area (Å²) in [6.45, 7) is 1.91. The number of H-pyrrole nitrogens is 1. The predicted molar refractivity (Wildman–Crippen MR) is 58.8 cm³/mol. The number of pyridine rings is 1. The summed E-state index contributed by atoms with van der Waals surface area (Å²) in [5.41, 5.74) is 1.76. The van der Waals surface area contributed by atoms with Crippen molar-refractivity contribution in [1.82, 2.24) is 4.98 Å². The molecule has 2 rings (SSSR count). The molecule has 1 atom stereocenters. The van der Waals surface area contributed by atoms with Gasteiger partial charge in [0, 0.05) is 11.6 Å².